The lowest BCUT2D eigenvalue weighted by molar-refractivity contribution is -0.126. The standard InChI is InChI=1S/C24H27N3O4S/c1-25-24(28)23(16-19-12-14-22(15-13-19)26-32(29,30)31)27(17-20-8-4-2-5-9-20)18-21-10-6-3-7-11-21/h2-15,23,26H,16-18H2,1H3,(H,25,28)(H,29,30,31). The van der Waals surface area contributed by atoms with Crippen LogP contribution in [0.15, 0.2) is 84.9 Å². The number of likely N-dealkylation sites (N-methyl/N-ethyl adjacent to an activating group) is 1. The van der Waals surface area contributed by atoms with Crippen molar-refractivity contribution in [2.45, 2.75) is 25.6 Å². The minimum absolute atomic E-state index is 0.100. The highest BCUT2D eigenvalue weighted by atomic mass is 32.2. The maximum atomic E-state index is 12.9. The van der Waals surface area contributed by atoms with Crippen LogP contribution >= 0.6 is 0 Å². The van der Waals surface area contributed by atoms with Crippen LogP contribution in [0.2, 0.25) is 0 Å². The van der Waals surface area contributed by atoms with Crippen LogP contribution in [0.3, 0.4) is 0 Å². The molecule has 0 saturated carbocycles. The number of benzene rings is 3. The van der Waals surface area contributed by atoms with Gasteiger partial charge in [0.1, 0.15) is 0 Å². The molecule has 1 unspecified atom stereocenters. The fourth-order valence-electron chi connectivity index (χ4n) is 3.55. The number of rotatable bonds is 10. The first-order valence-electron chi connectivity index (χ1n) is 10.2. The van der Waals surface area contributed by atoms with Crippen LogP contribution < -0.4 is 10.0 Å². The van der Waals surface area contributed by atoms with Crippen molar-refractivity contribution in [3.8, 4) is 0 Å². The molecule has 7 nitrogen and oxygen atoms in total. The molecule has 3 aromatic carbocycles. The maximum Gasteiger partial charge on any atom is 0.357 e. The van der Waals surface area contributed by atoms with Crippen molar-refractivity contribution in [1.82, 2.24) is 10.2 Å². The molecule has 0 aliphatic carbocycles. The molecule has 0 aliphatic rings. The largest absolute Gasteiger partial charge is 0.358 e. The summed E-state index contributed by atoms with van der Waals surface area (Å²) >= 11 is 0. The van der Waals surface area contributed by atoms with Crippen molar-refractivity contribution in [3.63, 3.8) is 0 Å². The Labute approximate surface area is 189 Å². The molecule has 0 bridgehead atoms. The molecular weight excluding hydrogens is 426 g/mol. The zero-order chi connectivity index (χ0) is 23.0. The van der Waals surface area contributed by atoms with E-state index in [1.807, 2.05) is 65.4 Å². The highest BCUT2D eigenvalue weighted by Gasteiger charge is 2.26. The molecule has 168 valence electrons. The molecule has 0 saturated heterocycles. The minimum atomic E-state index is -4.34. The van der Waals surface area contributed by atoms with Gasteiger partial charge >= 0.3 is 10.3 Å². The van der Waals surface area contributed by atoms with E-state index in [1.165, 1.54) is 0 Å². The first-order chi connectivity index (χ1) is 15.3. The van der Waals surface area contributed by atoms with Gasteiger partial charge in [0.25, 0.3) is 0 Å². The second-order valence-electron chi connectivity index (χ2n) is 7.48. The molecule has 0 radical (unpaired) electrons. The number of carbonyl (C=O) groups is 1. The van der Waals surface area contributed by atoms with Crippen LogP contribution in [0.1, 0.15) is 16.7 Å². The van der Waals surface area contributed by atoms with Crippen LogP contribution in [0.25, 0.3) is 0 Å². The van der Waals surface area contributed by atoms with Gasteiger partial charge in [0, 0.05) is 20.1 Å². The number of hydrogen-bond acceptors (Lipinski definition) is 4. The Kier molecular flexibility index (Phi) is 7.99. The topological polar surface area (TPSA) is 98.7 Å². The summed E-state index contributed by atoms with van der Waals surface area (Å²) in [5.41, 5.74) is 3.32. The summed E-state index contributed by atoms with van der Waals surface area (Å²) in [6.07, 6.45) is 0.436. The van der Waals surface area contributed by atoms with E-state index in [-0.39, 0.29) is 11.6 Å². The summed E-state index contributed by atoms with van der Waals surface area (Å²) < 4.78 is 33.0. The Morgan fingerprint density at radius 1 is 0.844 bits per heavy atom. The number of nitrogens with one attached hydrogen (secondary N) is 2. The van der Waals surface area contributed by atoms with Gasteiger partial charge in [0.2, 0.25) is 5.91 Å². The van der Waals surface area contributed by atoms with Gasteiger partial charge in [-0.05, 0) is 35.2 Å². The van der Waals surface area contributed by atoms with Gasteiger partial charge in [-0.15, -0.1) is 0 Å². The third-order valence-electron chi connectivity index (χ3n) is 5.08. The third kappa shape index (κ3) is 7.19. The first-order valence-corrected chi connectivity index (χ1v) is 11.7. The monoisotopic (exact) mass is 453 g/mol. The van der Waals surface area contributed by atoms with Crippen LogP contribution in [0.4, 0.5) is 5.69 Å². The molecule has 8 heteroatoms. The number of carbonyl (C=O) groups excluding carboxylic acids is 1. The van der Waals surface area contributed by atoms with E-state index in [0.29, 0.717) is 19.5 Å². The highest BCUT2D eigenvalue weighted by molar-refractivity contribution is 7.87. The minimum Gasteiger partial charge on any atom is -0.358 e. The van der Waals surface area contributed by atoms with Crippen LogP contribution in [-0.2, 0) is 34.6 Å². The number of nitrogens with zero attached hydrogens (tertiary/aromatic N) is 1. The van der Waals surface area contributed by atoms with Gasteiger partial charge in [-0.3, -0.25) is 19.0 Å². The van der Waals surface area contributed by atoms with Crippen molar-refractivity contribution < 1.29 is 17.8 Å². The van der Waals surface area contributed by atoms with Crippen molar-refractivity contribution in [1.29, 1.82) is 0 Å². The highest BCUT2D eigenvalue weighted by Crippen LogP contribution is 2.19. The van der Waals surface area contributed by atoms with Crippen LogP contribution in [0, 0.1) is 0 Å². The van der Waals surface area contributed by atoms with Crippen LogP contribution in [-0.4, -0.2) is 36.9 Å². The van der Waals surface area contributed by atoms with Crippen LogP contribution in [0.5, 0.6) is 0 Å². The molecule has 3 N–H and O–H groups in total. The molecular formula is C24H27N3O4S. The van der Waals surface area contributed by atoms with Gasteiger partial charge in [0.05, 0.1) is 11.7 Å². The predicted octanol–water partition coefficient (Wildman–Crippen LogP) is 3.26. The Morgan fingerprint density at radius 3 is 1.78 bits per heavy atom. The summed E-state index contributed by atoms with van der Waals surface area (Å²) in [6.45, 7) is 1.19. The van der Waals surface area contributed by atoms with E-state index >= 15 is 0 Å². The first kappa shape index (κ1) is 23.5. The normalized spacial score (nSPS) is 12.3. The molecule has 0 fully saturated rings. The summed E-state index contributed by atoms with van der Waals surface area (Å²) in [5, 5.41) is 2.77. The quantitative estimate of drug-likeness (QED) is 0.409. The van der Waals surface area contributed by atoms with Gasteiger partial charge in [-0.25, -0.2) is 0 Å². The van der Waals surface area contributed by atoms with Crippen molar-refractivity contribution in [2.75, 3.05) is 11.8 Å². The zero-order valence-corrected chi connectivity index (χ0v) is 18.6. The summed E-state index contributed by atoms with van der Waals surface area (Å²) in [5.74, 6) is -0.100. The Bertz CT molecular complexity index is 1060. The smallest absolute Gasteiger partial charge is 0.357 e. The molecule has 3 rings (SSSR count). The fraction of sp³-hybridized carbons (Fsp3) is 0.208. The van der Waals surface area contributed by atoms with E-state index in [9.17, 15) is 13.2 Å². The third-order valence-corrected chi connectivity index (χ3v) is 5.57. The molecule has 0 aromatic heterocycles. The van der Waals surface area contributed by atoms with Gasteiger partial charge in [0.15, 0.2) is 0 Å². The van der Waals surface area contributed by atoms with E-state index < -0.39 is 16.3 Å². The average molecular weight is 454 g/mol. The van der Waals surface area contributed by atoms with E-state index in [2.05, 4.69) is 10.2 Å². The molecule has 0 heterocycles. The van der Waals surface area contributed by atoms with E-state index in [4.69, 9.17) is 4.55 Å². The molecule has 1 atom stereocenters. The van der Waals surface area contributed by atoms with E-state index in [0.717, 1.165) is 16.7 Å². The second-order valence-corrected chi connectivity index (χ2v) is 8.64. The number of hydrogen-bond donors (Lipinski definition) is 3. The lowest BCUT2D eigenvalue weighted by Gasteiger charge is -2.31. The lowest BCUT2D eigenvalue weighted by Crippen LogP contribution is -2.46. The van der Waals surface area contributed by atoms with Crippen molar-refractivity contribution in [3.05, 3.63) is 102 Å². The van der Waals surface area contributed by atoms with Crippen molar-refractivity contribution >= 4 is 21.9 Å². The number of amides is 1. The number of anilines is 1. The summed E-state index contributed by atoms with van der Waals surface area (Å²) in [6, 6.07) is 26.1. The van der Waals surface area contributed by atoms with E-state index in [1.54, 1.807) is 31.3 Å². The molecule has 0 spiro atoms. The second kappa shape index (κ2) is 10.9. The Morgan fingerprint density at radius 2 is 1.34 bits per heavy atom. The van der Waals surface area contributed by atoms with Gasteiger partial charge in [-0.2, -0.15) is 8.42 Å². The van der Waals surface area contributed by atoms with Crippen molar-refractivity contribution in [2.24, 2.45) is 0 Å². The zero-order valence-electron chi connectivity index (χ0n) is 17.8. The Balaban J connectivity index is 1.86. The SMILES string of the molecule is CNC(=O)C(Cc1ccc(NS(=O)(=O)O)cc1)N(Cc1ccccc1)Cc1ccccc1. The van der Waals surface area contributed by atoms with Gasteiger partial charge < -0.3 is 5.32 Å². The molecule has 32 heavy (non-hydrogen) atoms. The summed E-state index contributed by atoms with van der Waals surface area (Å²) in [7, 11) is -2.71. The maximum absolute atomic E-state index is 12.9. The molecule has 3 aromatic rings. The average Bonchev–Trinajstić information content (AvgIpc) is 2.78. The summed E-state index contributed by atoms with van der Waals surface area (Å²) in [4.78, 5) is 15.0. The Hall–Kier alpha value is -3.20. The predicted molar refractivity (Wildman–Crippen MR) is 125 cm³/mol. The molecule has 1 amide bonds. The fourth-order valence-corrected chi connectivity index (χ4v) is 3.98. The van der Waals surface area contributed by atoms with Gasteiger partial charge in [-0.1, -0.05) is 72.8 Å². The lowest BCUT2D eigenvalue weighted by atomic mass is 10.0. The molecule has 0 aliphatic heterocycles.